The Morgan fingerprint density at radius 3 is 2.72 bits per heavy atom. The molecule has 0 amide bonds. The van der Waals surface area contributed by atoms with Crippen molar-refractivity contribution < 1.29 is 4.74 Å². The Bertz CT molecular complexity index is 570. The SMILES string of the molecule is COc1cc(N)cc(Nc2cccc(I)c2C)c1. The lowest BCUT2D eigenvalue weighted by atomic mass is 10.2. The second-order valence-corrected chi connectivity index (χ2v) is 5.19. The molecule has 3 N–H and O–H groups in total. The van der Waals surface area contributed by atoms with Gasteiger partial charge in [-0.2, -0.15) is 0 Å². The number of hydrogen-bond acceptors (Lipinski definition) is 3. The molecule has 0 aliphatic heterocycles. The second kappa shape index (κ2) is 5.48. The van der Waals surface area contributed by atoms with Crippen molar-refractivity contribution in [2.45, 2.75) is 6.92 Å². The molecular formula is C14H15IN2O. The van der Waals surface area contributed by atoms with E-state index in [1.165, 1.54) is 9.13 Å². The standard InChI is InChI=1S/C14H15IN2O/c1-9-13(15)4-3-5-14(9)17-11-6-10(16)7-12(8-11)18-2/h3-8,17H,16H2,1-2H3. The third-order valence-corrected chi connectivity index (χ3v) is 3.88. The molecule has 0 aromatic heterocycles. The third kappa shape index (κ3) is 2.87. The second-order valence-electron chi connectivity index (χ2n) is 4.03. The van der Waals surface area contributed by atoms with Crippen LogP contribution >= 0.6 is 22.6 Å². The van der Waals surface area contributed by atoms with Gasteiger partial charge in [0.25, 0.3) is 0 Å². The van der Waals surface area contributed by atoms with Crippen molar-refractivity contribution in [3.63, 3.8) is 0 Å². The Hall–Kier alpha value is -1.43. The fraction of sp³-hybridized carbons (Fsp3) is 0.143. The van der Waals surface area contributed by atoms with E-state index in [-0.39, 0.29) is 0 Å². The van der Waals surface area contributed by atoms with Crippen LogP contribution in [-0.2, 0) is 0 Å². The normalized spacial score (nSPS) is 10.2. The first-order chi connectivity index (χ1) is 8.60. The fourth-order valence-electron chi connectivity index (χ4n) is 1.71. The Morgan fingerprint density at radius 2 is 2.00 bits per heavy atom. The van der Waals surface area contributed by atoms with Gasteiger partial charge in [-0.25, -0.2) is 0 Å². The van der Waals surface area contributed by atoms with E-state index in [0.717, 1.165) is 17.1 Å². The molecule has 0 atom stereocenters. The van der Waals surface area contributed by atoms with E-state index in [4.69, 9.17) is 10.5 Å². The molecule has 4 heteroatoms. The van der Waals surface area contributed by atoms with Crippen LogP contribution < -0.4 is 15.8 Å². The summed E-state index contributed by atoms with van der Waals surface area (Å²) in [7, 11) is 1.63. The van der Waals surface area contributed by atoms with Gasteiger partial charge < -0.3 is 15.8 Å². The van der Waals surface area contributed by atoms with Crippen LogP contribution in [0.25, 0.3) is 0 Å². The quantitative estimate of drug-likeness (QED) is 0.649. The van der Waals surface area contributed by atoms with Gasteiger partial charge in [-0.15, -0.1) is 0 Å². The summed E-state index contributed by atoms with van der Waals surface area (Å²) in [4.78, 5) is 0. The highest BCUT2D eigenvalue weighted by atomic mass is 127. The molecule has 0 unspecified atom stereocenters. The molecule has 0 heterocycles. The van der Waals surface area contributed by atoms with E-state index in [1.54, 1.807) is 13.2 Å². The Balaban J connectivity index is 2.34. The number of halogens is 1. The molecule has 0 saturated heterocycles. The van der Waals surface area contributed by atoms with Crippen molar-refractivity contribution >= 4 is 39.7 Å². The van der Waals surface area contributed by atoms with Gasteiger partial charge in [0.15, 0.2) is 0 Å². The monoisotopic (exact) mass is 354 g/mol. The van der Waals surface area contributed by atoms with Gasteiger partial charge in [0.05, 0.1) is 7.11 Å². The Labute approximate surface area is 120 Å². The maximum atomic E-state index is 5.84. The first-order valence-electron chi connectivity index (χ1n) is 5.57. The van der Waals surface area contributed by atoms with Crippen molar-refractivity contribution in [2.75, 3.05) is 18.2 Å². The molecule has 2 aromatic carbocycles. The number of methoxy groups -OCH3 is 1. The van der Waals surface area contributed by atoms with Gasteiger partial charge in [0.1, 0.15) is 5.75 Å². The Morgan fingerprint density at radius 1 is 1.22 bits per heavy atom. The van der Waals surface area contributed by atoms with Crippen LogP contribution in [0.3, 0.4) is 0 Å². The van der Waals surface area contributed by atoms with Gasteiger partial charge in [-0.3, -0.25) is 0 Å². The number of nitrogen functional groups attached to an aromatic ring is 1. The molecule has 2 aromatic rings. The molecule has 2 rings (SSSR count). The predicted molar refractivity (Wildman–Crippen MR) is 84.6 cm³/mol. The third-order valence-electron chi connectivity index (χ3n) is 2.71. The van der Waals surface area contributed by atoms with Crippen LogP contribution in [0.4, 0.5) is 17.1 Å². The van der Waals surface area contributed by atoms with Gasteiger partial charge in [-0.1, -0.05) is 6.07 Å². The van der Waals surface area contributed by atoms with E-state index in [9.17, 15) is 0 Å². The minimum atomic E-state index is 0.681. The van der Waals surface area contributed by atoms with Crippen LogP contribution in [0.5, 0.6) is 5.75 Å². The maximum absolute atomic E-state index is 5.84. The van der Waals surface area contributed by atoms with E-state index in [0.29, 0.717) is 5.69 Å². The molecule has 0 saturated carbocycles. The average molecular weight is 354 g/mol. The molecule has 0 fully saturated rings. The zero-order chi connectivity index (χ0) is 13.1. The first kappa shape index (κ1) is 13.0. The highest BCUT2D eigenvalue weighted by molar-refractivity contribution is 14.1. The van der Waals surface area contributed by atoms with Crippen molar-refractivity contribution in [1.29, 1.82) is 0 Å². The number of rotatable bonds is 3. The molecule has 0 aliphatic rings. The number of nitrogens with two attached hydrogens (primary N) is 1. The lowest BCUT2D eigenvalue weighted by Gasteiger charge is -2.12. The molecule has 94 valence electrons. The van der Waals surface area contributed by atoms with Crippen LogP contribution in [-0.4, -0.2) is 7.11 Å². The summed E-state index contributed by atoms with van der Waals surface area (Å²) in [5.41, 5.74) is 9.74. The number of ether oxygens (including phenoxy) is 1. The van der Waals surface area contributed by atoms with Crippen LogP contribution in [0, 0.1) is 10.5 Å². The summed E-state index contributed by atoms with van der Waals surface area (Å²) >= 11 is 2.32. The average Bonchev–Trinajstić information content (AvgIpc) is 2.34. The van der Waals surface area contributed by atoms with E-state index < -0.39 is 0 Å². The molecule has 0 bridgehead atoms. The van der Waals surface area contributed by atoms with Crippen molar-refractivity contribution in [2.24, 2.45) is 0 Å². The van der Waals surface area contributed by atoms with Gasteiger partial charge in [-0.05, 0) is 53.3 Å². The minimum Gasteiger partial charge on any atom is -0.497 e. The van der Waals surface area contributed by atoms with E-state index >= 15 is 0 Å². The summed E-state index contributed by atoms with van der Waals surface area (Å²) in [6.07, 6.45) is 0. The van der Waals surface area contributed by atoms with Crippen molar-refractivity contribution in [3.05, 3.63) is 45.5 Å². The fourth-order valence-corrected chi connectivity index (χ4v) is 2.21. The molecule has 18 heavy (non-hydrogen) atoms. The summed E-state index contributed by atoms with van der Waals surface area (Å²) < 4.78 is 6.44. The number of anilines is 3. The predicted octanol–water partition coefficient (Wildman–Crippen LogP) is 3.93. The van der Waals surface area contributed by atoms with Gasteiger partial charge in [0, 0.05) is 32.8 Å². The topological polar surface area (TPSA) is 47.3 Å². The lowest BCUT2D eigenvalue weighted by molar-refractivity contribution is 0.415. The zero-order valence-corrected chi connectivity index (χ0v) is 12.5. The van der Waals surface area contributed by atoms with Gasteiger partial charge in [0.2, 0.25) is 0 Å². The molecule has 0 aliphatic carbocycles. The summed E-state index contributed by atoms with van der Waals surface area (Å²) in [5.74, 6) is 0.751. The summed E-state index contributed by atoms with van der Waals surface area (Å²) in [6.45, 7) is 2.09. The summed E-state index contributed by atoms with van der Waals surface area (Å²) in [6, 6.07) is 11.8. The zero-order valence-electron chi connectivity index (χ0n) is 10.3. The lowest BCUT2D eigenvalue weighted by Crippen LogP contribution is -1.97. The highest BCUT2D eigenvalue weighted by Crippen LogP contribution is 2.28. The minimum absolute atomic E-state index is 0.681. The number of nitrogens with one attached hydrogen (secondary N) is 1. The number of hydrogen-bond donors (Lipinski definition) is 2. The van der Waals surface area contributed by atoms with Gasteiger partial charge >= 0.3 is 0 Å². The van der Waals surface area contributed by atoms with Crippen molar-refractivity contribution in [1.82, 2.24) is 0 Å². The largest absolute Gasteiger partial charge is 0.497 e. The maximum Gasteiger partial charge on any atom is 0.122 e. The highest BCUT2D eigenvalue weighted by Gasteiger charge is 2.04. The van der Waals surface area contributed by atoms with Crippen molar-refractivity contribution in [3.8, 4) is 5.75 Å². The smallest absolute Gasteiger partial charge is 0.122 e. The number of benzene rings is 2. The van der Waals surface area contributed by atoms with E-state index in [2.05, 4.69) is 40.9 Å². The molecule has 0 spiro atoms. The summed E-state index contributed by atoms with van der Waals surface area (Å²) in [5, 5.41) is 3.36. The van der Waals surface area contributed by atoms with Crippen LogP contribution in [0.2, 0.25) is 0 Å². The Kier molecular flexibility index (Phi) is 3.96. The molecule has 3 nitrogen and oxygen atoms in total. The first-order valence-corrected chi connectivity index (χ1v) is 6.64. The van der Waals surface area contributed by atoms with Crippen LogP contribution in [0.1, 0.15) is 5.56 Å². The van der Waals surface area contributed by atoms with E-state index in [1.807, 2.05) is 24.3 Å². The molecule has 0 radical (unpaired) electrons. The molecular weight excluding hydrogens is 339 g/mol. The van der Waals surface area contributed by atoms with Crippen LogP contribution in [0.15, 0.2) is 36.4 Å².